The highest BCUT2D eigenvalue weighted by Crippen LogP contribution is 2.37. The summed E-state index contributed by atoms with van der Waals surface area (Å²) in [6.07, 6.45) is 7.40. The third-order valence-corrected chi connectivity index (χ3v) is 6.12. The van der Waals surface area contributed by atoms with Crippen molar-refractivity contribution < 1.29 is 6.85 Å². The van der Waals surface area contributed by atoms with E-state index in [2.05, 4.69) is 6.58 Å². The van der Waals surface area contributed by atoms with Gasteiger partial charge in [-0.25, -0.2) is 4.98 Å². The Labute approximate surface area is 217 Å². The van der Waals surface area contributed by atoms with Gasteiger partial charge in [0.05, 0.1) is 16.7 Å². The summed E-state index contributed by atoms with van der Waals surface area (Å²) in [6.45, 7) is 11.1. The zero-order valence-corrected chi connectivity index (χ0v) is 21.2. The van der Waals surface area contributed by atoms with E-state index in [-0.39, 0.29) is 5.56 Å². The quantitative estimate of drug-likeness (QED) is 0.249. The number of aryl methyl sites for hydroxylation is 1. The van der Waals surface area contributed by atoms with E-state index >= 15 is 0 Å². The van der Waals surface area contributed by atoms with Gasteiger partial charge in [-0.1, -0.05) is 101 Å². The van der Waals surface area contributed by atoms with E-state index in [1.165, 1.54) is 0 Å². The summed E-state index contributed by atoms with van der Waals surface area (Å²) in [5, 5.41) is 0. The van der Waals surface area contributed by atoms with Gasteiger partial charge in [0.15, 0.2) is 0 Å². The maximum absolute atomic E-state index is 8.99. The maximum atomic E-state index is 8.99. The first-order chi connectivity index (χ1) is 18.6. The van der Waals surface area contributed by atoms with Crippen LogP contribution in [0.2, 0.25) is 0 Å². The fourth-order valence-corrected chi connectivity index (χ4v) is 4.36. The number of benzene rings is 3. The molecule has 2 heteroatoms. The summed E-state index contributed by atoms with van der Waals surface area (Å²) >= 11 is 0. The lowest BCUT2D eigenvalue weighted by Crippen LogP contribution is -2.08. The molecule has 0 atom stereocenters. The molecule has 0 N–H and O–H groups in total. The van der Waals surface area contributed by atoms with E-state index in [0.717, 1.165) is 27.8 Å². The lowest BCUT2D eigenvalue weighted by atomic mass is 9.92. The van der Waals surface area contributed by atoms with Gasteiger partial charge >= 0.3 is 0 Å². The molecule has 4 rings (SSSR count). The van der Waals surface area contributed by atoms with Crippen molar-refractivity contribution in [3.63, 3.8) is 0 Å². The Bertz CT molecular complexity index is 1590. The normalized spacial score (nSPS) is 15.2. The first-order valence-corrected chi connectivity index (χ1v) is 11.9. The van der Waals surface area contributed by atoms with Gasteiger partial charge in [0.1, 0.15) is 5.82 Å². The maximum Gasteiger partial charge on any atom is 0.145 e. The molecule has 0 aliphatic rings. The number of para-hydroxylation sites is 3. The molecule has 178 valence electrons. The van der Waals surface area contributed by atoms with Crippen LogP contribution in [0.15, 0.2) is 91.5 Å². The molecular weight excluding hydrogens is 424 g/mol. The van der Waals surface area contributed by atoms with Crippen molar-refractivity contribution in [3.8, 4) is 17.1 Å². The molecule has 4 aromatic rings. The van der Waals surface area contributed by atoms with Crippen LogP contribution in [0.5, 0.6) is 0 Å². The average molecular weight is 466 g/mol. The van der Waals surface area contributed by atoms with Crippen LogP contribution >= 0.6 is 0 Å². The number of rotatable bonds is 7. The Kier molecular flexibility index (Phi) is 5.50. The summed E-state index contributed by atoms with van der Waals surface area (Å²) in [4.78, 5) is 5.01. The van der Waals surface area contributed by atoms with Crippen LogP contribution in [0.4, 0.5) is 0 Å². The van der Waals surface area contributed by atoms with Crippen molar-refractivity contribution >= 4 is 16.6 Å². The number of imidazole rings is 1. The molecule has 0 amide bonds. The van der Waals surface area contributed by atoms with Gasteiger partial charge in [0, 0.05) is 12.4 Å². The molecule has 35 heavy (non-hydrogen) atoms. The first-order valence-electron chi connectivity index (χ1n) is 14.4. The lowest BCUT2D eigenvalue weighted by Gasteiger charge is -2.22. The van der Waals surface area contributed by atoms with Crippen molar-refractivity contribution in [1.82, 2.24) is 9.55 Å². The van der Waals surface area contributed by atoms with Gasteiger partial charge < -0.3 is 0 Å². The summed E-state index contributed by atoms with van der Waals surface area (Å²) in [5.41, 5.74) is 5.92. The van der Waals surface area contributed by atoms with Crippen molar-refractivity contribution in [2.24, 2.45) is 0 Å². The van der Waals surface area contributed by atoms with E-state index in [1.807, 2.05) is 106 Å². The van der Waals surface area contributed by atoms with Crippen molar-refractivity contribution in [3.05, 3.63) is 114 Å². The van der Waals surface area contributed by atoms with Crippen molar-refractivity contribution in [2.45, 2.75) is 53.3 Å². The van der Waals surface area contributed by atoms with Gasteiger partial charge in [-0.2, -0.15) is 0 Å². The molecule has 0 aliphatic heterocycles. The van der Waals surface area contributed by atoms with E-state index in [0.29, 0.717) is 22.5 Å². The lowest BCUT2D eigenvalue weighted by molar-refractivity contribution is 0.811. The van der Waals surface area contributed by atoms with Crippen LogP contribution in [-0.2, 0) is 0 Å². The van der Waals surface area contributed by atoms with Crippen LogP contribution in [0, 0.1) is 6.85 Å². The predicted molar refractivity (Wildman–Crippen MR) is 152 cm³/mol. The largest absolute Gasteiger partial charge is 0.292 e. The Morgan fingerprint density at radius 1 is 0.971 bits per heavy atom. The Morgan fingerprint density at radius 2 is 1.69 bits per heavy atom. The Balaban J connectivity index is 2.12. The Morgan fingerprint density at radius 3 is 2.34 bits per heavy atom. The zero-order chi connectivity index (χ0) is 29.5. The van der Waals surface area contributed by atoms with Crippen molar-refractivity contribution in [2.75, 3.05) is 0 Å². The van der Waals surface area contributed by atoms with Gasteiger partial charge in [-0.05, 0) is 71.6 Å². The van der Waals surface area contributed by atoms with E-state index in [4.69, 9.17) is 11.8 Å². The molecule has 1 heterocycles. The van der Waals surface area contributed by atoms with Crippen LogP contribution in [0.1, 0.15) is 75.5 Å². The summed E-state index contributed by atoms with van der Waals surface area (Å²) < 4.78 is 44.4. The molecule has 0 bridgehead atoms. The monoisotopic (exact) mass is 465 g/mol. The molecule has 0 unspecified atom stereocenters. The minimum Gasteiger partial charge on any atom is -0.292 e. The highest BCUT2D eigenvalue weighted by atomic mass is 15.1. The number of fused-ring (bicyclic) bond motifs is 1. The third kappa shape index (κ3) is 4.79. The van der Waals surface area contributed by atoms with Crippen LogP contribution < -0.4 is 0 Å². The molecule has 3 aromatic carbocycles. The number of allylic oxidation sites excluding steroid dienone is 5. The van der Waals surface area contributed by atoms with Crippen LogP contribution in [-0.4, -0.2) is 9.55 Å². The fourth-order valence-electron chi connectivity index (χ4n) is 4.36. The SMILES string of the molecule is [2H]C([2H])([2H])c1ccc(-c2nc3ccccc3n2-c2c(C([2H])(C)C)cccc2C([2H])(C)C)cc1C(=C)/C=C\C=C/C. The molecule has 0 aliphatic carbocycles. The summed E-state index contributed by atoms with van der Waals surface area (Å²) in [7, 11) is 0. The first kappa shape index (κ1) is 18.6. The average Bonchev–Trinajstić information content (AvgIpc) is 3.26. The highest BCUT2D eigenvalue weighted by molar-refractivity contribution is 5.85. The highest BCUT2D eigenvalue weighted by Gasteiger charge is 2.22. The molecular formula is C33H36N2. The smallest absolute Gasteiger partial charge is 0.145 e. The standard InChI is InChI=1S/C33H36N2/c1-8-9-10-14-24(6)29-21-26(20-19-25(29)7)33-34-30-17-11-12-18-31(30)35(33)32-27(22(2)3)15-13-16-28(32)23(4)5/h8-23H,6H2,1-5,7H3/b9-8-,14-10-/i7D3,22D,23D. The summed E-state index contributed by atoms with van der Waals surface area (Å²) in [5.74, 6) is -1.31. The second-order valence-electron chi connectivity index (χ2n) is 9.13. The van der Waals surface area contributed by atoms with Crippen molar-refractivity contribution in [1.29, 1.82) is 0 Å². The van der Waals surface area contributed by atoms with Gasteiger partial charge in [-0.3, -0.25) is 4.57 Å². The number of hydrogen-bond donors (Lipinski definition) is 0. The second kappa shape index (κ2) is 10.3. The zero-order valence-electron chi connectivity index (χ0n) is 26.2. The fraction of sp³-hybridized carbons (Fsp3) is 0.242. The molecule has 0 fully saturated rings. The summed E-state index contributed by atoms with van der Waals surface area (Å²) in [6, 6.07) is 18.8. The third-order valence-electron chi connectivity index (χ3n) is 6.12. The van der Waals surface area contributed by atoms with Gasteiger partial charge in [0.2, 0.25) is 0 Å². The van der Waals surface area contributed by atoms with Crippen LogP contribution in [0.25, 0.3) is 33.7 Å². The predicted octanol–water partition coefficient (Wildman–Crippen LogP) is 9.39. The molecule has 0 radical (unpaired) electrons. The molecule has 2 nitrogen and oxygen atoms in total. The molecule has 0 saturated carbocycles. The molecule has 0 spiro atoms. The molecule has 0 saturated heterocycles. The topological polar surface area (TPSA) is 17.8 Å². The van der Waals surface area contributed by atoms with Gasteiger partial charge in [0.25, 0.3) is 0 Å². The number of aromatic nitrogens is 2. The van der Waals surface area contributed by atoms with E-state index in [9.17, 15) is 0 Å². The minimum atomic E-state index is -2.32. The number of nitrogens with zero attached hydrogens (tertiary/aromatic N) is 2. The van der Waals surface area contributed by atoms with E-state index < -0.39 is 18.6 Å². The van der Waals surface area contributed by atoms with Gasteiger partial charge in [-0.15, -0.1) is 0 Å². The van der Waals surface area contributed by atoms with E-state index in [1.54, 1.807) is 18.2 Å². The second-order valence-corrected chi connectivity index (χ2v) is 9.13. The number of hydrogen-bond acceptors (Lipinski definition) is 1. The van der Waals surface area contributed by atoms with Crippen LogP contribution in [0.3, 0.4) is 0 Å². The molecule has 1 aromatic heterocycles. The Hall–Kier alpha value is -3.65. The minimum absolute atomic E-state index is 0.217.